The van der Waals surface area contributed by atoms with Gasteiger partial charge in [0, 0.05) is 11.3 Å². The molecule has 1 aliphatic rings. The SMILES string of the molecule is COc1ccc(C(NC(=O)OCC2c3ccccc3-c3ccccc32)C(=O)O)c2ccccc12. The van der Waals surface area contributed by atoms with E-state index in [2.05, 4.69) is 17.4 Å². The van der Waals surface area contributed by atoms with Crippen LogP contribution in [0.3, 0.4) is 0 Å². The molecule has 0 aliphatic heterocycles. The second-order valence-electron chi connectivity index (χ2n) is 8.14. The number of amides is 1. The fourth-order valence-corrected chi connectivity index (χ4v) is 4.75. The lowest BCUT2D eigenvalue weighted by atomic mass is 9.98. The second kappa shape index (κ2) is 8.90. The predicted molar refractivity (Wildman–Crippen MR) is 129 cm³/mol. The van der Waals surface area contributed by atoms with E-state index >= 15 is 0 Å². The molecule has 1 aliphatic carbocycles. The van der Waals surface area contributed by atoms with Crippen LogP contribution in [-0.4, -0.2) is 30.9 Å². The number of carboxylic acid groups (broad SMARTS) is 1. The number of methoxy groups -OCH3 is 1. The van der Waals surface area contributed by atoms with Crippen molar-refractivity contribution in [3.8, 4) is 16.9 Å². The van der Waals surface area contributed by atoms with Gasteiger partial charge in [-0.2, -0.15) is 0 Å². The monoisotopic (exact) mass is 453 g/mol. The fraction of sp³-hybridized carbons (Fsp3) is 0.143. The zero-order chi connectivity index (χ0) is 23.7. The largest absolute Gasteiger partial charge is 0.496 e. The summed E-state index contributed by atoms with van der Waals surface area (Å²) in [6, 6.07) is 25.5. The lowest BCUT2D eigenvalue weighted by molar-refractivity contribution is -0.139. The van der Waals surface area contributed by atoms with Crippen LogP contribution in [0.5, 0.6) is 5.75 Å². The standard InChI is InChI=1S/C28H23NO5/c1-33-25-15-14-23(21-12-6-7-13-22(21)25)26(27(30)31)29-28(32)34-16-24-19-10-4-2-8-17(19)18-9-3-5-11-20(18)24/h2-15,24,26H,16H2,1H3,(H,29,32)(H,30,31). The number of ether oxygens (including phenoxy) is 2. The van der Waals surface area contributed by atoms with E-state index in [1.165, 1.54) is 0 Å². The molecule has 5 rings (SSSR count). The summed E-state index contributed by atoms with van der Waals surface area (Å²) in [5.41, 5.74) is 4.89. The summed E-state index contributed by atoms with van der Waals surface area (Å²) in [5.74, 6) is -0.656. The molecule has 6 nitrogen and oxygen atoms in total. The quantitative estimate of drug-likeness (QED) is 0.402. The van der Waals surface area contributed by atoms with Crippen molar-refractivity contribution in [2.75, 3.05) is 13.7 Å². The number of aliphatic carboxylic acids is 1. The number of hydrogen-bond acceptors (Lipinski definition) is 4. The molecule has 0 bridgehead atoms. The summed E-state index contributed by atoms with van der Waals surface area (Å²) in [7, 11) is 1.56. The van der Waals surface area contributed by atoms with Crippen LogP contribution < -0.4 is 10.1 Å². The summed E-state index contributed by atoms with van der Waals surface area (Å²) in [6.45, 7) is 0.107. The van der Waals surface area contributed by atoms with Crippen LogP contribution in [0.4, 0.5) is 4.79 Å². The van der Waals surface area contributed by atoms with Gasteiger partial charge in [-0.05, 0) is 39.3 Å². The maximum absolute atomic E-state index is 12.7. The molecule has 170 valence electrons. The first-order valence-corrected chi connectivity index (χ1v) is 11.0. The predicted octanol–water partition coefficient (Wildman–Crippen LogP) is 5.51. The highest BCUT2D eigenvalue weighted by atomic mass is 16.5. The van der Waals surface area contributed by atoms with Gasteiger partial charge in [0.1, 0.15) is 12.4 Å². The van der Waals surface area contributed by atoms with E-state index in [-0.39, 0.29) is 12.5 Å². The van der Waals surface area contributed by atoms with E-state index in [0.29, 0.717) is 16.7 Å². The van der Waals surface area contributed by atoms with Crippen molar-refractivity contribution in [1.29, 1.82) is 0 Å². The van der Waals surface area contributed by atoms with Crippen molar-refractivity contribution in [3.63, 3.8) is 0 Å². The topological polar surface area (TPSA) is 84.9 Å². The minimum Gasteiger partial charge on any atom is -0.496 e. The third-order valence-electron chi connectivity index (χ3n) is 6.30. The molecule has 0 heterocycles. The Morgan fingerprint density at radius 1 is 0.853 bits per heavy atom. The number of nitrogens with one attached hydrogen (secondary N) is 1. The van der Waals surface area contributed by atoms with Gasteiger partial charge in [0.2, 0.25) is 0 Å². The van der Waals surface area contributed by atoms with Gasteiger partial charge in [0.05, 0.1) is 7.11 Å². The Morgan fingerprint density at radius 3 is 2.06 bits per heavy atom. The Labute approximate surface area is 196 Å². The average Bonchev–Trinajstić information content (AvgIpc) is 3.19. The molecule has 0 saturated heterocycles. The maximum Gasteiger partial charge on any atom is 0.408 e. The third-order valence-corrected chi connectivity index (χ3v) is 6.30. The van der Waals surface area contributed by atoms with Gasteiger partial charge in [-0.25, -0.2) is 9.59 Å². The van der Waals surface area contributed by atoms with Gasteiger partial charge < -0.3 is 19.9 Å². The van der Waals surface area contributed by atoms with Crippen LogP contribution in [0.1, 0.15) is 28.7 Å². The number of rotatable bonds is 6. The Morgan fingerprint density at radius 2 is 1.44 bits per heavy atom. The molecule has 6 heteroatoms. The van der Waals surface area contributed by atoms with Gasteiger partial charge in [0.25, 0.3) is 0 Å². The van der Waals surface area contributed by atoms with Crippen molar-refractivity contribution in [1.82, 2.24) is 5.32 Å². The van der Waals surface area contributed by atoms with Gasteiger partial charge in [-0.1, -0.05) is 78.9 Å². The van der Waals surface area contributed by atoms with Crippen LogP contribution in [0, 0.1) is 0 Å². The van der Waals surface area contributed by atoms with Gasteiger partial charge >= 0.3 is 12.1 Å². The number of benzene rings is 4. The van der Waals surface area contributed by atoms with Crippen LogP contribution in [0.2, 0.25) is 0 Å². The third kappa shape index (κ3) is 3.73. The van der Waals surface area contributed by atoms with Crippen LogP contribution in [0.25, 0.3) is 21.9 Å². The van der Waals surface area contributed by atoms with E-state index in [1.807, 2.05) is 60.7 Å². The molecule has 0 fully saturated rings. The lowest BCUT2D eigenvalue weighted by Gasteiger charge is -2.19. The molecule has 0 saturated carbocycles. The highest BCUT2D eigenvalue weighted by Crippen LogP contribution is 2.44. The van der Waals surface area contributed by atoms with Crippen LogP contribution in [-0.2, 0) is 9.53 Å². The van der Waals surface area contributed by atoms with E-state index in [9.17, 15) is 14.7 Å². The summed E-state index contributed by atoms with van der Waals surface area (Å²) in [4.78, 5) is 24.9. The molecular formula is C28H23NO5. The van der Waals surface area contributed by atoms with Crippen molar-refractivity contribution < 1.29 is 24.2 Å². The number of carbonyl (C=O) groups is 2. The molecule has 0 aromatic heterocycles. The second-order valence-corrected chi connectivity index (χ2v) is 8.14. The molecule has 1 unspecified atom stereocenters. The summed E-state index contributed by atoms with van der Waals surface area (Å²) < 4.78 is 11.0. The summed E-state index contributed by atoms with van der Waals surface area (Å²) >= 11 is 0. The highest BCUT2D eigenvalue weighted by Gasteiger charge is 2.30. The van der Waals surface area contributed by atoms with Crippen molar-refractivity contribution in [2.24, 2.45) is 0 Å². The van der Waals surface area contributed by atoms with E-state index < -0.39 is 18.1 Å². The first kappa shape index (κ1) is 21.5. The Hall–Kier alpha value is -4.32. The van der Waals surface area contributed by atoms with E-state index in [1.54, 1.807) is 19.2 Å². The van der Waals surface area contributed by atoms with Gasteiger partial charge in [-0.15, -0.1) is 0 Å². The molecule has 1 atom stereocenters. The highest BCUT2D eigenvalue weighted by molar-refractivity contribution is 5.95. The van der Waals surface area contributed by atoms with Crippen molar-refractivity contribution in [3.05, 3.63) is 102 Å². The summed E-state index contributed by atoms with van der Waals surface area (Å²) in [6.07, 6.45) is -0.783. The lowest BCUT2D eigenvalue weighted by Crippen LogP contribution is -2.35. The molecule has 0 radical (unpaired) electrons. The first-order valence-electron chi connectivity index (χ1n) is 11.0. The molecular weight excluding hydrogens is 430 g/mol. The smallest absolute Gasteiger partial charge is 0.408 e. The van der Waals surface area contributed by atoms with E-state index in [0.717, 1.165) is 27.6 Å². The molecule has 0 spiro atoms. The van der Waals surface area contributed by atoms with Gasteiger partial charge in [-0.3, -0.25) is 0 Å². The Balaban J connectivity index is 1.37. The zero-order valence-electron chi connectivity index (χ0n) is 18.5. The van der Waals surface area contributed by atoms with Crippen LogP contribution in [0.15, 0.2) is 84.9 Å². The Bertz CT molecular complexity index is 1350. The number of hydrogen-bond donors (Lipinski definition) is 2. The maximum atomic E-state index is 12.7. The summed E-state index contributed by atoms with van der Waals surface area (Å²) in [5, 5.41) is 13.9. The van der Waals surface area contributed by atoms with Crippen molar-refractivity contribution in [2.45, 2.75) is 12.0 Å². The molecule has 2 N–H and O–H groups in total. The molecule has 4 aromatic rings. The molecule has 1 amide bonds. The number of carboxylic acids is 1. The van der Waals surface area contributed by atoms with Crippen LogP contribution >= 0.6 is 0 Å². The fourth-order valence-electron chi connectivity index (χ4n) is 4.75. The first-order chi connectivity index (χ1) is 16.6. The molecule has 34 heavy (non-hydrogen) atoms. The number of carbonyl (C=O) groups excluding carboxylic acids is 1. The van der Waals surface area contributed by atoms with Crippen molar-refractivity contribution >= 4 is 22.8 Å². The minimum absolute atomic E-state index is 0.107. The number of fused-ring (bicyclic) bond motifs is 4. The number of alkyl carbamates (subject to hydrolysis) is 1. The normalized spacial score (nSPS) is 13.1. The zero-order valence-corrected chi connectivity index (χ0v) is 18.5. The molecule has 4 aromatic carbocycles. The van der Waals surface area contributed by atoms with Gasteiger partial charge in [0.15, 0.2) is 6.04 Å². The Kier molecular flexibility index (Phi) is 5.64. The minimum atomic E-state index is -1.27. The average molecular weight is 453 g/mol. The van der Waals surface area contributed by atoms with E-state index in [4.69, 9.17) is 9.47 Å².